The maximum atomic E-state index is 13.1. The number of hydrogen-bond acceptors (Lipinski definition) is 4. The number of carbonyl (C=O) groups excluding carboxylic acids is 1. The summed E-state index contributed by atoms with van der Waals surface area (Å²) in [5, 5.41) is 9.68. The Labute approximate surface area is 208 Å². The van der Waals surface area contributed by atoms with Crippen LogP contribution in [0.2, 0.25) is 5.02 Å². The molecular weight excluding hydrogens is 459 g/mol. The smallest absolute Gasteiger partial charge is 0.270 e. The molecule has 6 rings (SSSR count). The minimum absolute atomic E-state index is 0.0341. The third kappa shape index (κ3) is 4.04. The molecule has 2 N–H and O–H groups in total. The van der Waals surface area contributed by atoms with Gasteiger partial charge in [0.25, 0.3) is 5.91 Å². The number of amides is 1. The number of halogens is 1. The lowest BCUT2D eigenvalue weighted by Gasteiger charge is -2.32. The highest BCUT2D eigenvalue weighted by Crippen LogP contribution is 2.29. The molecule has 1 fully saturated rings. The predicted molar refractivity (Wildman–Crippen MR) is 140 cm³/mol. The summed E-state index contributed by atoms with van der Waals surface area (Å²) in [7, 11) is 6.14. The van der Waals surface area contributed by atoms with Crippen molar-refractivity contribution in [3.63, 3.8) is 0 Å². The zero-order chi connectivity index (χ0) is 23.9. The van der Waals surface area contributed by atoms with Crippen LogP contribution in [0.5, 0.6) is 0 Å². The number of carbonyl (C=O) groups is 1. The van der Waals surface area contributed by atoms with Crippen molar-refractivity contribution in [3.8, 4) is 11.3 Å². The Morgan fingerprint density at radius 3 is 2.66 bits per heavy atom. The lowest BCUT2D eigenvalue weighted by Crippen LogP contribution is -2.42. The van der Waals surface area contributed by atoms with Crippen LogP contribution in [0.1, 0.15) is 23.3 Å². The van der Waals surface area contributed by atoms with Gasteiger partial charge in [0, 0.05) is 52.9 Å². The van der Waals surface area contributed by atoms with Crippen LogP contribution in [0.3, 0.4) is 0 Å². The summed E-state index contributed by atoms with van der Waals surface area (Å²) in [6.45, 7) is 1.33. The highest BCUT2D eigenvalue weighted by molar-refractivity contribution is 6.36. The highest BCUT2D eigenvalue weighted by atomic mass is 35.5. The van der Waals surface area contributed by atoms with E-state index in [0.29, 0.717) is 34.9 Å². The molecule has 0 aliphatic carbocycles. The number of rotatable bonds is 4. The van der Waals surface area contributed by atoms with Gasteiger partial charge in [-0.15, -0.1) is 0 Å². The maximum Gasteiger partial charge on any atom is 0.270 e. The van der Waals surface area contributed by atoms with E-state index in [2.05, 4.69) is 15.4 Å². The fourth-order valence-corrected chi connectivity index (χ4v) is 4.92. The van der Waals surface area contributed by atoms with Crippen molar-refractivity contribution in [3.05, 3.63) is 77.6 Å². The van der Waals surface area contributed by atoms with Crippen molar-refractivity contribution in [2.45, 2.75) is 18.9 Å². The molecule has 1 aliphatic heterocycles. The van der Waals surface area contributed by atoms with Crippen LogP contribution < -0.4 is 10.8 Å². The van der Waals surface area contributed by atoms with Gasteiger partial charge < -0.3 is 15.2 Å². The molecule has 0 atom stereocenters. The van der Waals surface area contributed by atoms with Crippen LogP contribution in [0.15, 0.2) is 66.9 Å². The molecule has 3 aromatic heterocycles. The van der Waals surface area contributed by atoms with E-state index in [9.17, 15) is 4.79 Å². The van der Waals surface area contributed by atoms with E-state index >= 15 is 0 Å². The van der Waals surface area contributed by atoms with Gasteiger partial charge in [0.2, 0.25) is 0 Å². The number of nitrogens with zero attached hydrogens (tertiary/aromatic N) is 4. The second kappa shape index (κ2) is 8.78. The molecular formula is C26H22BClN6O. The molecule has 172 valence electrons. The van der Waals surface area contributed by atoms with Gasteiger partial charge in [-0.05, 0) is 36.5 Å². The summed E-state index contributed by atoms with van der Waals surface area (Å²) < 4.78 is 1.72. The number of aromatic nitrogens is 4. The second-order valence-corrected chi connectivity index (χ2v) is 9.23. The van der Waals surface area contributed by atoms with E-state index in [1.165, 1.54) is 0 Å². The van der Waals surface area contributed by atoms with E-state index < -0.39 is 0 Å². The molecule has 7 nitrogen and oxygen atoms in total. The molecule has 0 bridgehead atoms. The molecule has 5 aromatic rings. The average Bonchev–Trinajstić information content (AvgIpc) is 3.48. The topological polar surface area (TPSA) is 78.3 Å². The normalized spacial score (nSPS) is 14.6. The number of fused-ring (bicyclic) bond motifs is 2. The van der Waals surface area contributed by atoms with Gasteiger partial charge in [-0.2, -0.15) is 9.61 Å². The molecule has 1 amide bonds. The Hall–Kier alpha value is -3.78. The summed E-state index contributed by atoms with van der Waals surface area (Å²) in [5.41, 5.74) is 4.24. The number of para-hydroxylation sites is 1. The quantitative estimate of drug-likeness (QED) is 0.381. The summed E-state index contributed by atoms with van der Waals surface area (Å²) >= 11 is 6.44. The first-order valence-electron chi connectivity index (χ1n) is 11.6. The summed E-state index contributed by atoms with van der Waals surface area (Å²) in [6.07, 6.45) is 3.23. The van der Waals surface area contributed by atoms with Gasteiger partial charge in [0.05, 0.1) is 5.69 Å². The Kier molecular flexibility index (Phi) is 5.45. The SMILES string of the molecule is [B]c1cnn2c(NC3CCN(C(=O)c4cc5ccccc5[nH]4)CC3)cc(-c3ccccc3Cl)nc12. The van der Waals surface area contributed by atoms with E-state index in [1.807, 2.05) is 65.6 Å². The average molecular weight is 481 g/mol. The van der Waals surface area contributed by atoms with Crippen LogP contribution in [0, 0.1) is 0 Å². The number of H-pyrrole nitrogens is 1. The molecule has 0 spiro atoms. The monoisotopic (exact) mass is 480 g/mol. The first-order valence-corrected chi connectivity index (χ1v) is 12.0. The number of anilines is 1. The summed E-state index contributed by atoms with van der Waals surface area (Å²) in [4.78, 5) is 22.9. The van der Waals surface area contributed by atoms with Crippen molar-refractivity contribution < 1.29 is 4.79 Å². The molecule has 2 radical (unpaired) electrons. The van der Waals surface area contributed by atoms with E-state index in [4.69, 9.17) is 24.4 Å². The van der Waals surface area contributed by atoms with Crippen molar-refractivity contribution in [1.29, 1.82) is 0 Å². The highest BCUT2D eigenvalue weighted by Gasteiger charge is 2.25. The minimum atomic E-state index is 0.0341. The van der Waals surface area contributed by atoms with E-state index in [-0.39, 0.29) is 11.9 Å². The third-order valence-electron chi connectivity index (χ3n) is 6.54. The Morgan fingerprint density at radius 2 is 1.86 bits per heavy atom. The minimum Gasteiger partial charge on any atom is -0.367 e. The molecule has 4 heterocycles. The van der Waals surface area contributed by atoms with E-state index in [0.717, 1.165) is 40.8 Å². The zero-order valence-corrected chi connectivity index (χ0v) is 19.7. The summed E-state index contributed by atoms with van der Waals surface area (Å²) in [5.74, 6) is 0.828. The summed E-state index contributed by atoms with van der Waals surface area (Å²) in [6, 6.07) is 19.6. The van der Waals surface area contributed by atoms with Crippen LogP contribution in [-0.4, -0.2) is 57.4 Å². The first kappa shape index (κ1) is 21.7. The molecule has 35 heavy (non-hydrogen) atoms. The predicted octanol–water partition coefficient (Wildman–Crippen LogP) is 4.04. The van der Waals surface area contributed by atoms with Gasteiger partial charge in [0.1, 0.15) is 19.4 Å². The number of hydrogen-bond donors (Lipinski definition) is 2. The first-order chi connectivity index (χ1) is 17.1. The lowest BCUT2D eigenvalue weighted by atomic mass is 10.0. The number of benzene rings is 2. The van der Waals surface area contributed by atoms with Crippen molar-refractivity contribution >= 4 is 53.2 Å². The van der Waals surface area contributed by atoms with Gasteiger partial charge >= 0.3 is 0 Å². The van der Waals surface area contributed by atoms with Gasteiger partial charge in [-0.3, -0.25) is 4.79 Å². The molecule has 2 aromatic carbocycles. The molecule has 0 unspecified atom stereocenters. The van der Waals surface area contributed by atoms with Crippen molar-refractivity contribution in [2.75, 3.05) is 18.4 Å². The maximum absolute atomic E-state index is 13.1. The molecule has 9 heteroatoms. The van der Waals surface area contributed by atoms with Gasteiger partial charge in [-0.25, -0.2) is 4.98 Å². The number of likely N-dealkylation sites (tertiary alicyclic amines) is 1. The fourth-order valence-electron chi connectivity index (χ4n) is 4.68. The van der Waals surface area contributed by atoms with Crippen molar-refractivity contribution in [1.82, 2.24) is 24.5 Å². The Balaban J connectivity index is 1.21. The molecule has 1 saturated heterocycles. The third-order valence-corrected chi connectivity index (χ3v) is 6.87. The van der Waals surface area contributed by atoms with E-state index in [1.54, 1.807) is 10.7 Å². The largest absolute Gasteiger partial charge is 0.367 e. The Bertz CT molecular complexity index is 1520. The van der Waals surface area contributed by atoms with Crippen LogP contribution in [0.25, 0.3) is 27.8 Å². The standard InChI is InChI=1S/C26H22BClN6O/c27-19-15-29-34-24(14-22(32-25(19)34)18-6-2-3-7-20(18)28)30-17-9-11-33(12-10-17)26(35)23-13-16-5-1-4-8-21(16)31-23/h1-8,13-15,17,30-31H,9-12H2. The van der Waals surface area contributed by atoms with Gasteiger partial charge in [0.15, 0.2) is 5.65 Å². The van der Waals surface area contributed by atoms with Crippen LogP contribution in [0.4, 0.5) is 5.82 Å². The number of aromatic amines is 1. The Morgan fingerprint density at radius 1 is 1.09 bits per heavy atom. The van der Waals surface area contributed by atoms with Crippen LogP contribution >= 0.6 is 11.6 Å². The second-order valence-electron chi connectivity index (χ2n) is 8.82. The molecule has 0 saturated carbocycles. The lowest BCUT2D eigenvalue weighted by molar-refractivity contribution is 0.0713. The zero-order valence-electron chi connectivity index (χ0n) is 18.9. The number of nitrogens with one attached hydrogen (secondary N) is 2. The molecule has 1 aliphatic rings. The van der Waals surface area contributed by atoms with Crippen LogP contribution in [-0.2, 0) is 0 Å². The fraction of sp³-hybridized carbons (Fsp3) is 0.192. The van der Waals surface area contributed by atoms with Crippen molar-refractivity contribution in [2.24, 2.45) is 0 Å². The number of piperidine rings is 1. The van der Waals surface area contributed by atoms with Gasteiger partial charge in [-0.1, -0.05) is 48.0 Å².